The van der Waals surface area contributed by atoms with Crippen LogP contribution < -0.4 is 21.9 Å². The smallest absolute Gasteiger partial charge is 0.220 e. The van der Waals surface area contributed by atoms with Gasteiger partial charge in [0.15, 0.2) is 0 Å². The summed E-state index contributed by atoms with van der Waals surface area (Å²) in [6.45, 7) is 0.625. The third-order valence-corrected chi connectivity index (χ3v) is 1.97. The molecule has 0 aliphatic carbocycles. The number of nitrogens with zero attached hydrogens (tertiary/aromatic N) is 1. The number of carbonyl (C=O) groups excluding carboxylic acids is 1. The van der Waals surface area contributed by atoms with Crippen molar-refractivity contribution >= 4 is 11.9 Å². The van der Waals surface area contributed by atoms with Crippen LogP contribution in [-0.2, 0) is 4.79 Å². The highest BCUT2D eigenvalue weighted by Crippen LogP contribution is 2.01. The van der Waals surface area contributed by atoms with Gasteiger partial charge >= 0.3 is 0 Å². The Labute approximate surface area is 76.9 Å². The van der Waals surface area contributed by atoms with Crippen LogP contribution in [-0.4, -0.2) is 31.5 Å². The number of nitrogens with two attached hydrogens (primary N) is 1. The van der Waals surface area contributed by atoms with E-state index in [1.807, 2.05) is 0 Å². The zero-order valence-corrected chi connectivity index (χ0v) is 7.63. The van der Waals surface area contributed by atoms with Crippen molar-refractivity contribution in [1.29, 1.82) is 0 Å². The van der Waals surface area contributed by atoms with Gasteiger partial charge in [0, 0.05) is 26.1 Å². The van der Waals surface area contributed by atoms with E-state index in [4.69, 9.17) is 5.84 Å². The van der Waals surface area contributed by atoms with Crippen LogP contribution >= 0.6 is 0 Å². The van der Waals surface area contributed by atoms with E-state index in [1.54, 1.807) is 7.05 Å². The van der Waals surface area contributed by atoms with Gasteiger partial charge in [-0.3, -0.25) is 15.2 Å². The van der Waals surface area contributed by atoms with Gasteiger partial charge < -0.3 is 10.6 Å². The zero-order chi connectivity index (χ0) is 9.68. The first kappa shape index (κ1) is 9.79. The molecule has 1 saturated heterocycles. The summed E-state index contributed by atoms with van der Waals surface area (Å²) in [5.74, 6) is 5.85. The Hall–Kier alpha value is -1.30. The first-order valence-electron chi connectivity index (χ1n) is 4.23. The van der Waals surface area contributed by atoms with Crippen molar-refractivity contribution < 1.29 is 4.79 Å². The molecule has 0 spiro atoms. The lowest BCUT2D eigenvalue weighted by Gasteiger charge is -2.24. The molecular weight excluding hydrogens is 170 g/mol. The van der Waals surface area contributed by atoms with Crippen LogP contribution in [0, 0.1) is 0 Å². The van der Waals surface area contributed by atoms with Crippen molar-refractivity contribution in [3.8, 4) is 0 Å². The first-order chi connectivity index (χ1) is 6.26. The quantitative estimate of drug-likeness (QED) is 0.170. The molecule has 74 valence electrons. The van der Waals surface area contributed by atoms with E-state index in [0.29, 0.717) is 18.9 Å². The van der Waals surface area contributed by atoms with Gasteiger partial charge in [-0.1, -0.05) is 0 Å². The average molecular weight is 185 g/mol. The van der Waals surface area contributed by atoms with Crippen LogP contribution in [0.3, 0.4) is 0 Å². The maximum atomic E-state index is 10.8. The Morgan fingerprint density at radius 1 is 1.77 bits per heavy atom. The monoisotopic (exact) mass is 185 g/mol. The van der Waals surface area contributed by atoms with Gasteiger partial charge in [0.1, 0.15) is 0 Å². The van der Waals surface area contributed by atoms with Crippen molar-refractivity contribution in [3.05, 3.63) is 0 Å². The molecule has 0 aromatic carbocycles. The first-order valence-corrected chi connectivity index (χ1v) is 4.23. The van der Waals surface area contributed by atoms with E-state index in [-0.39, 0.29) is 11.9 Å². The molecule has 1 atom stereocenters. The molecule has 1 heterocycles. The number of nitrogens with one attached hydrogen (secondary N) is 3. The number of hydrogen-bond donors (Lipinski definition) is 4. The highest BCUT2D eigenvalue weighted by atomic mass is 16.1. The normalized spacial score (nSPS) is 23.7. The van der Waals surface area contributed by atoms with Gasteiger partial charge in [0.2, 0.25) is 11.9 Å². The zero-order valence-electron chi connectivity index (χ0n) is 7.63. The number of aliphatic imine (C=N–C) groups is 1. The maximum Gasteiger partial charge on any atom is 0.220 e. The predicted molar refractivity (Wildman–Crippen MR) is 49.8 cm³/mol. The fraction of sp³-hybridized carbons (Fsp3) is 0.714. The topological polar surface area (TPSA) is 91.5 Å². The molecule has 1 amide bonds. The lowest BCUT2D eigenvalue weighted by molar-refractivity contribution is -0.122. The van der Waals surface area contributed by atoms with Crippen LogP contribution in [0.2, 0.25) is 0 Å². The summed E-state index contributed by atoms with van der Waals surface area (Å²) in [7, 11) is 1.64. The number of guanidine groups is 1. The highest BCUT2D eigenvalue weighted by molar-refractivity contribution is 5.80. The SMILES string of the molecule is CN=C(NN)NC1CCC(=O)NC1. The molecule has 0 bridgehead atoms. The molecule has 1 unspecified atom stereocenters. The van der Waals surface area contributed by atoms with Crippen molar-refractivity contribution in [2.45, 2.75) is 18.9 Å². The van der Waals surface area contributed by atoms with Crippen LogP contribution in [0.4, 0.5) is 0 Å². The second-order valence-electron chi connectivity index (χ2n) is 2.90. The van der Waals surface area contributed by atoms with Crippen molar-refractivity contribution in [3.63, 3.8) is 0 Å². The van der Waals surface area contributed by atoms with Crippen LogP contribution in [0.25, 0.3) is 0 Å². The minimum absolute atomic E-state index is 0.105. The standard InChI is InChI=1S/C7H15N5O/c1-9-7(12-8)11-5-2-3-6(13)10-4-5/h5H,2-4,8H2,1H3,(H,10,13)(H2,9,11,12). The van der Waals surface area contributed by atoms with Gasteiger partial charge in [0.25, 0.3) is 0 Å². The summed E-state index contributed by atoms with van der Waals surface area (Å²) in [6, 6.07) is 0.215. The number of carbonyl (C=O) groups is 1. The number of hydrogen-bond acceptors (Lipinski definition) is 3. The molecule has 5 N–H and O–H groups in total. The second kappa shape index (κ2) is 4.66. The summed E-state index contributed by atoms with van der Waals surface area (Å²) >= 11 is 0. The Morgan fingerprint density at radius 3 is 3.00 bits per heavy atom. The molecule has 6 nitrogen and oxygen atoms in total. The van der Waals surface area contributed by atoms with Crippen molar-refractivity contribution in [1.82, 2.24) is 16.1 Å². The molecular formula is C7H15N5O. The summed E-state index contributed by atoms with van der Waals surface area (Å²) < 4.78 is 0. The van der Waals surface area contributed by atoms with Crippen LogP contribution in [0.15, 0.2) is 4.99 Å². The average Bonchev–Trinajstić information content (AvgIpc) is 2.17. The van der Waals surface area contributed by atoms with Gasteiger partial charge in [0.05, 0.1) is 0 Å². The maximum absolute atomic E-state index is 10.8. The van der Waals surface area contributed by atoms with E-state index in [0.717, 1.165) is 6.42 Å². The van der Waals surface area contributed by atoms with Gasteiger partial charge in [-0.25, -0.2) is 5.84 Å². The molecule has 0 aromatic rings. The number of amides is 1. The largest absolute Gasteiger partial charge is 0.354 e. The van der Waals surface area contributed by atoms with Crippen molar-refractivity contribution in [2.75, 3.05) is 13.6 Å². The lowest BCUT2D eigenvalue weighted by atomic mass is 10.1. The summed E-state index contributed by atoms with van der Waals surface area (Å²) in [4.78, 5) is 14.7. The Bertz CT molecular complexity index is 205. The summed E-state index contributed by atoms with van der Waals surface area (Å²) in [5.41, 5.74) is 2.44. The van der Waals surface area contributed by atoms with Crippen molar-refractivity contribution in [2.24, 2.45) is 10.8 Å². The van der Waals surface area contributed by atoms with E-state index in [2.05, 4.69) is 21.1 Å². The number of piperidine rings is 1. The van der Waals surface area contributed by atoms with Gasteiger partial charge in [-0.2, -0.15) is 0 Å². The molecule has 1 fully saturated rings. The molecule has 1 rings (SSSR count). The van der Waals surface area contributed by atoms with Gasteiger partial charge in [-0.05, 0) is 6.42 Å². The number of rotatable bonds is 1. The predicted octanol–water partition coefficient (Wildman–Crippen LogP) is -1.70. The minimum atomic E-state index is 0.105. The molecule has 0 aromatic heterocycles. The molecule has 6 heteroatoms. The molecule has 1 aliphatic heterocycles. The van der Waals surface area contributed by atoms with E-state index in [9.17, 15) is 4.79 Å². The fourth-order valence-corrected chi connectivity index (χ4v) is 1.22. The Kier molecular flexibility index (Phi) is 3.51. The van der Waals surface area contributed by atoms with E-state index in [1.165, 1.54) is 0 Å². The number of hydrazine groups is 1. The van der Waals surface area contributed by atoms with Crippen LogP contribution in [0.5, 0.6) is 0 Å². The van der Waals surface area contributed by atoms with E-state index < -0.39 is 0 Å². The Balaban J connectivity index is 2.33. The van der Waals surface area contributed by atoms with Gasteiger partial charge in [-0.15, -0.1) is 0 Å². The van der Waals surface area contributed by atoms with E-state index >= 15 is 0 Å². The highest BCUT2D eigenvalue weighted by Gasteiger charge is 2.17. The molecule has 1 aliphatic rings. The second-order valence-corrected chi connectivity index (χ2v) is 2.90. The van der Waals surface area contributed by atoms with Crippen LogP contribution in [0.1, 0.15) is 12.8 Å². The molecule has 0 saturated carbocycles. The summed E-state index contributed by atoms with van der Waals surface area (Å²) in [6.07, 6.45) is 1.37. The molecule has 13 heavy (non-hydrogen) atoms. The fourth-order valence-electron chi connectivity index (χ4n) is 1.22. The minimum Gasteiger partial charge on any atom is -0.354 e. The third-order valence-electron chi connectivity index (χ3n) is 1.97. The Morgan fingerprint density at radius 2 is 2.54 bits per heavy atom. The third kappa shape index (κ3) is 2.90. The lowest BCUT2D eigenvalue weighted by Crippen LogP contribution is -2.52. The summed E-state index contributed by atoms with van der Waals surface area (Å²) in [5, 5.41) is 5.84. The molecule has 0 radical (unpaired) electrons.